The molecule has 0 unspecified atom stereocenters. The summed E-state index contributed by atoms with van der Waals surface area (Å²) in [5.74, 6) is 1.98. The minimum atomic E-state index is 0. The number of nitrogens with zero attached hydrogens (tertiary/aromatic N) is 3. The van der Waals surface area contributed by atoms with Gasteiger partial charge >= 0.3 is 0 Å². The van der Waals surface area contributed by atoms with Crippen LogP contribution in [0.15, 0.2) is 52.2 Å². The number of likely N-dealkylation sites (tertiary alicyclic amines) is 1. The summed E-state index contributed by atoms with van der Waals surface area (Å²) in [5.41, 5.74) is 1.15. The number of nitrogens with one attached hydrogen (secondary N) is 2. The first kappa shape index (κ1) is 23.1. The van der Waals surface area contributed by atoms with Crippen molar-refractivity contribution in [2.45, 2.75) is 63.6 Å². The van der Waals surface area contributed by atoms with Gasteiger partial charge in [0.25, 0.3) is 0 Å². The van der Waals surface area contributed by atoms with Crippen molar-refractivity contribution in [1.82, 2.24) is 20.5 Å². The number of furan rings is 1. The lowest BCUT2D eigenvalue weighted by molar-refractivity contribution is 0.196. The molecule has 164 valence electrons. The van der Waals surface area contributed by atoms with Crippen LogP contribution in [-0.4, -0.2) is 47.6 Å². The summed E-state index contributed by atoms with van der Waals surface area (Å²) in [5, 5.41) is 7.39. The maximum atomic E-state index is 5.44. The second-order valence-electron chi connectivity index (χ2n) is 8.20. The molecule has 2 aromatic heterocycles. The average Bonchev–Trinajstić information content (AvgIpc) is 3.45. The van der Waals surface area contributed by atoms with Crippen LogP contribution in [0, 0.1) is 0 Å². The standard InChI is InChI=1S/C23H33N5O.HI/c1-2-7-19(6-1)26-23(25-14-10-22-9-5-17-29-22)27-20-11-15-28(16-12-20)18-21-8-3-4-13-24-21;/h3-5,8-9,13,17,19-20H,1-2,6-7,10-12,14-16,18H2,(H2,25,26,27);1H. The van der Waals surface area contributed by atoms with E-state index in [2.05, 4.69) is 32.7 Å². The van der Waals surface area contributed by atoms with Gasteiger partial charge in [0, 0.05) is 50.9 Å². The third-order valence-electron chi connectivity index (χ3n) is 5.94. The van der Waals surface area contributed by atoms with Crippen molar-refractivity contribution in [2.24, 2.45) is 4.99 Å². The number of hydrogen-bond acceptors (Lipinski definition) is 4. The molecule has 7 heteroatoms. The smallest absolute Gasteiger partial charge is 0.191 e. The Hall–Kier alpha value is -1.61. The van der Waals surface area contributed by atoms with Gasteiger partial charge in [0.15, 0.2) is 5.96 Å². The molecule has 2 aromatic rings. The van der Waals surface area contributed by atoms with Gasteiger partial charge in [-0.1, -0.05) is 18.9 Å². The molecule has 0 bridgehead atoms. The molecule has 1 aliphatic carbocycles. The molecule has 0 atom stereocenters. The summed E-state index contributed by atoms with van der Waals surface area (Å²) in [6, 6.07) is 11.2. The van der Waals surface area contributed by atoms with Crippen molar-refractivity contribution in [3.05, 3.63) is 54.2 Å². The largest absolute Gasteiger partial charge is 0.469 e. The third kappa shape index (κ3) is 7.27. The first-order valence-corrected chi connectivity index (χ1v) is 11.1. The van der Waals surface area contributed by atoms with E-state index in [4.69, 9.17) is 9.41 Å². The van der Waals surface area contributed by atoms with E-state index in [0.29, 0.717) is 12.1 Å². The molecule has 0 aromatic carbocycles. The Morgan fingerprint density at radius 2 is 1.80 bits per heavy atom. The predicted molar refractivity (Wildman–Crippen MR) is 131 cm³/mol. The van der Waals surface area contributed by atoms with Crippen LogP contribution in [-0.2, 0) is 13.0 Å². The van der Waals surface area contributed by atoms with Crippen molar-refractivity contribution >= 4 is 29.9 Å². The molecule has 2 N–H and O–H groups in total. The van der Waals surface area contributed by atoms with Gasteiger partial charge in [-0.3, -0.25) is 14.9 Å². The fourth-order valence-electron chi connectivity index (χ4n) is 4.28. The van der Waals surface area contributed by atoms with Gasteiger partial charge in [-0.05, 0) is 49.9 Å². The Bertz CT molecular complexity index is 738. The molecule has 6 nitrogen and oxygen atoms in total. The van der Waals surface area contributed by atoms with Crippen LogP contribution >= 0.6 is 24.0 Å². The van der Waals surface area contributed by atoms with Gasteiger partial charge in [-0.2, -0.15) is 0 Å². The highest BCUT2D eigenvalue weighted by Gasteiger charge is 2.22. The maximum Gasteiger partial charge on any atom is 0.191 e. The van der Waals surface area contributed by atoms with Crippen LogP contribution in [0.5, 0.6) is 0 Å². The summed E-state index contributed by atoms with van der Waals surface area (Å²) in [6.07, 6.45) is 11.9. The predicted octanol–water partition coefficient (Wildman–Crippen LogP) is 3.98. The molecule has 2 aliphatic rings. The van der Waals surface area contributed by atoms with Crippen LogP contribution in [0.4, 0.5) is 0 Å². The van der Waals surface area contributed by atoms with E-state index in [1.54, 1.807) is 6.26 Å². The van der Waals surface area contributed by atoms with Crippen LogP contribution < -0.4 is 10.6 Å². The van der Waals surface area contributed by atoms with E-state index in [-0.39, 0.29) is 24.0 Å². The number of hydrogen-bond donors (Lipinski definition) is 2. The number of rotatable bonds is 7. The first-order valence-electron chi connectivity index (χ1n) is 11.1. The summed E-state index contributed by atoms with van der Waals surface area (Å²) >= 11 is 0. The Balaban J connectivity index is 0.00000256. The van der Waals surface area contributed by atoms with Gasteiger partial charge in [0.1, 0.15) is 5.76 Å². The molecule has 1 saturated carbocycles. The topological polar surface area (TPSA) is 65.7 Å². The Kier molecular flexibility index (Phi) is 9.45. The molecule has 0 spiro atoms. The first-order chi connectivity index (χ1) is 14.3. The molecule has 1 aliphatic heterocycles. The molecule has 0 radical (unpaired) electrons. The second kappa shape index (κ2) is 12.3. The molecular weight excluding hydrogens is 489 g/mol. The van der Waals surface area contributed by atoms with E-state index < -0.39 is 0 Å². The highest BCUT2D eigenvalue weighted by atomic mass is 127. The van der Waals surface area contributed by atoms with Gasteiger partial charge in [0.05, 0.1) is 12.0 Å². The fourth-order valence-corrected chi connectivity index (χ4v) is 4.28. The van der Waals surface area contributed by atoms with Crippen molar-refractivity contribution in [2.75, 3.05) is 19.6 Å². The van der Waals surface area contributed by atoms with E-state index in [9.17, 15) is 0 Å². The molecule has 2 fully saturated rings. The van der Waals surface area contributed by atoms with Crippen molar-refractivity contribution in [1.29, 1.82) is 0 Å². The van der Waals surface area contributed by atoms with E-state index >= 15 is 0 Å². The lowest BCUT2D eigenvalue weighted by atomic mass is 10.0. The second-order valence-corrected chi connectivity index (χ2v) is 8.20. The summed E-state index contributed by atoms with van der Waals surface area (Å²) < 4.78 is 5.44. The van der Waals surface area contributed by atoms with Crippen LogP contribution in [0.25, 0.3) is 0 Å². The minimum Gasteiger partial charge on any atom is -0.469 e. The fraction of sp³-hybridized carbons (Fsp3) is 0.565. The Morgan fingerprint density at radius 3 is 2.47 bits per heavy atom. The monoisotopic (exact) mass is 523 g/mol. The number of aliphatic imine (C=N–C) groups is 1. The average molecular weight is 523 g/mol. The van der Waals surface area contributed by atoms with Gasteiger partial charge in [-0.25, -0.2) is 0 Å². The number of pyridine rings is 1. The molecule has 0 amide bonds. The Morgan fingerprint density at radius 1 is 1.03 bits per heavy atom. The minimum absolute atomic E-state index is 0. The lowest BCUT2D eigenvalue weighted by Gasteiger charge is -2.33. The molecular formula is C23H34IN5O. The summed E-state index contributed by atoms with van der Waals surface area (Å²) in [4.78, 5) is 11.8. The lowest BCUT2D eigenvalue weighted by Crippen LogP contribution is -2.50. The van der Waals surface area contributed by atoms with Gasteiger partial charge < -0.3 is 15.1 Å². The van der Waals surface area contributed by atoms with Gasteiger partial charge in [-0.15, -0.1) is 24.0 Å². The molecule has 4 rings (SSSR count). The van der Waals surface area contributed by atoms with E-state index in [0.717, 1.165) is 62.9 Å². The number of halogens is 1. The number of guanidine groups is 1. The maximum absolute atomic E-state index is 5.44. The number of aromatic nitrogens is 1. The van der Waals surface area contributed by atoms with Crippen molar-refractivity contribution in [3.8, 4) is 0 Å². The Labute approximate surface area is 196 Å². The zero-order chi connectivity index (χ0) is 19.7. The molecule has 3 heterocycles. The normalized spacial score (nSPS) is 18.9. The zero-order valence-electron chi connectivity index (χ0n) is 17.6. The van der Waals surface area contributed by atoms with Crippen LogP contribution in [0.3, 0.4) is 0 Å². The number of piperidine rings is 1. The zero-order valence-corrected chi connectivity index (χ0v) is 20.0. The SMILES string of the molecule is I.c1ccc(CN2CCC(NC(=NCCc3ccco3)NC3CCCC3)CC2)nc1. The van der Waals surface area contributed by atoms with Crippen LogP contribution in [0.2, 0.25) is 0 Å². The van der Waals surface area contributed by atoms with E-state index in [1.165, 1.54) is 25.7 Å². The molecule has 1 saturated heterocycles. The summed E-state index contributed by atoms with van der Waals surface area (Å²) in [6.45, 7) is 3.88. The summed E-state index contributed by atoms with van der Waals surface area (Å²) in [7, 11) is 0. The van der Waals surface area contributed by atoms with Crippen molar-refractivity contribution in [3.63, 3.8) is 0 Å². The van der Waals surface area contributed by atoms with Gasteiger partial charge in [0.2, 0.25) is 0 Å². The third-order valence-corrected chi connectivity index (χ3v) is 5.94. The highest BCUT2D eigenvalue weighted by Crippen LogP contribution is 2.18. The highest BCUT2D eigenvalue weighted by molar-refractivity contribution is 14.0. The quantitative estimate of drug-likeness (QED) is 0.327. The van der Waals surface area contributed by atoms with Crippen LogP contribution in [0.1, 0.15) is 50.0 Å². The van der Waals surface area contributed by atoms with E-state index in [1.807, 2.05) is 24.4 Å². The molecule has 30 heavy (non-hydrogen) atoms. The van der Waals surface area contributed by atoms with Crippen molar-refractivity contribution < 1.29 is 4.42 Å².